The van der Waals surface area contributed by atoms with Crippen molar-refractivity contribution in [1.29, 1.82) is 0 Å². The number of aryl methyl sites for hydroxylation is 2. The molecule has 0 saturated carbocycles. The van der Waals surface area contributed by atoms with Crippen molar-refractivity contribution >= 4 is 11.6 Å². The Labute approximate surface area is 122 Å². The monoisotopic (exact) mass is 295 g/mol. The molecule has 2 aromatic carbocycles. The van der Waals surface area contributed by atoms with Gasteiger partial charge in [-0.15, -0.1) is 0 Å². The molecular formula is C16H16ClF2N. The normalized spacial score (nSPS) is 12.5. The molecule has 4 heteroatoms. The van der Waals surface area contributed by atoms with Gasteiger partial charge in [0.1, 0.15) is 11.6 Å². The maximum atomic E-state index is 14.1. The van der Waals surface area contributed by atoms with Crippen LogP contribution in [0.2, 0.25) is 5.02 Å². The van der Waals surface area contributed by atoms with Crippen LogP contribution in [-0.4, -0.2) is 7.05 Å². The van der Waals surface area contributed by atoms with Crippen LogP contribution in [0.1, 0.15) is 28.3 Å². The molecule has 0 saturated heterocycles. The SMILES string of the molecule is CNC(c1ccc(C)cc1F)c1cc(C)c(F)cc1Cl. The summed E-state index contributed by atoms with van der Waals surface area (Å²) >= 11 is 6.11. The van der Waals surface area contributed by atoms with E-state index in [0.717, 1.165) is 5.56 Å². The summed E-state index contributed by atoms with van der Waals surface area (Å²) < 4.78 is 27.6. The zero-order valence-corrected chi connectivity index (χ0v) is 12.4. The summed E-state index contributed by atoms with van der Waals surface area (Å²) in [7, 11) is 1.72. The molecule has 2 rings (SSSR count). The molecule has 106 valence electrons. The lowest BCUT2D eigenvalue weighted by molar-refractivity contribution is 0.573. The molecule has 1 nitrogen and oxygen atoms in total. The number of hydrogen-bond acceptors (Lipinski definition) is 1. The number of halogens is 3. The minimum atomic E-state index is -0.414. The van der Waals surface area contributed by atoms with Crippen LogP contribution in [0.5, 0.6) is 0 Å². The zero-order chi connectivity index (χ0) is 14.9. The highest BCUT2D eigenvalue weighted by atomic mass is 35.5. The van der Waals surface area contributed by atoms with Crippen molar-refractivity contribution in [2.75, 3.05) is 7.05 Å². The van der Waals surface area contributed by atoms with Gasteiger partial charge in [0.25, 0.3) is 0 Å². The molecule has 0 bridgehead atoms. The lowest BCUT2D eigenvalue weighted by Crippen LogP contribution is -2.19. The average molecular weight is 296 g/mol. The molecule has 0 amide bonds. The lowest BCUT2D eigenvalue weighted by atomic mass is 9.96. The largest absolute Gasteiger partial charge is 0.309 e. The fraction of sp³-hybridized carbons (Fsp3) is 0.250. The van der Waals surface area contributed by atoms with Gasteiger partial charge in [0, 0.05) is 10.6 Å². The second kappa shape index (κ2) is 5.90. The van der Waals surface area contributed by atoms with Crippen molar-refractivity contribution in [1.82, 2.24) is 5.32 Å². The van der Waals surface area contributed by atoms with Crippen LogP contribution in [0.4, 0.5) is 8.78 Å². The minimum Gasteiger partial charge on any atom is -0.309 e. The first-order valence-corrected chi connectivity index (χ1v) is 6.70. The molecule has 20 heavy (non-hydrogen) atoms. The van der Waals surface area contributed by atoms with E-state index in [2.05, 4.69) is 5.32 Å². The van der Waals surface area contributed by atoms with Gasteiger partial charge in [-0.25, -0.2) is 8.78 Å². The van der Waals surface area contributed by atoms with Crippen LogP contribution in [0.3, 0.4) is 0 Å². The van der Waals surface area contributed by atoms with Gasteiger partial charge in [-0.1, -0.05) is 23.7 Å². The molecule has 0 fully saturated rings. The van der Waals surface area contributed by atoms with Crippen LogP contribution in [-0.2, 0) is 0 Å². The second-order valence-corrected chi connectivity index (χ2v) is 5.28. The fourth-order valence-corrected chi connectivity index (χ4v) is 2.51. The van der Waals surface area contributed by atoms with Gasteiger partial charge in [0.05, 0.1) is 6.04 Å². The van der Waals surface area contributed by atoms with Gasteiger partial charge in [0.2, 0.25) is 0 Å². The first-order chi connectivity index (χ1) is 9.43. The highest BCUT2D eigenvalue weighted by molar-refractivity contribution is 6.31. The van der Waals surface area contributed by atoms with Crippen LogP contribution in [0.15, 0.2) is 30.3 Å². The van der Waals surface area contributed by atoms with Crippen molar-refractivity contribution in [3.05, 3.63) is 69.2 Å². The van der Waals surface area contributed by atoms with E-state index >= 15 is 0 Å². The van der Waals surface area contributed by atoms with E-state index in [1.807, 2.05) is 13.0 Å². The molecular weight excluding hydrogens is 280 g/mol. The standard InChI is InChI=1S/C16H16ClF2N/c1-9-4-5-11(15(19)6-9)16(20-3)12-7-10(2)14(18)8-13(12)17/h4-8,16,20H,1-3H3. The number of hydrogen-bond donors (Lipinski definition) is 1. The number of nitrogens with one attached hydrogen (secondary N) is 1. The first kappa shape index (κ1) is 14.9. The van der Waals surface area contributed by atoms with Crippen molar-refractivity contribution in [2.45, 2.75) is 19.9 Å². The van der Waals surface area contributed by atoms with Gasteiger partial charge in [-0.2, -0.15) is 0 Å². The molecule has 0 aliphatic heterocycles. The van der Waals surface area contributed by atoms with E-state index in [9.17, 15) is 8.78 Å². The summed E-state index contributed by atoms with van der Waals surface area (Å²) in [6.45, 7) is 3.49. The second-order valence-electron chi connectivity index (χ2n) is 4.87. The van der Waals surface area contributed by atoms with E-state index in [1.165, 1.54) is 12.1 Å². The zero-order valence-electron chi connectivity index (χ0n) is 11.6. The Balaban J connectivity index is 2.55. The highest BCUT2D eigenvalue weighted by Crippen LogP contribution is 2.31. The minimum absolute atomic E-state index is 0.285. The Kier molecular flexibility index (Phi) is 4.41. The van der Waals surface area contributed by atoms with Crippen LogP contribution < -0.4 is 5.32 Å². The molecule has 0 aliphatic carbocycles. The lowest BCUT2D eigenvalue weighted by Gasteiger charge is -2.20. The van der Waals surface area contributed by atoms with E-state index in [0.29, 0.717) is 16.7 Å². The molecule has 1 N–H and O–H groups in total. The van der Waals surface area contributed by atoms with Gasteiger partial charge >= 0.3 is 0 Å². The van der Waals surface area contributed by atoms with E-state index in [1.54, 1.807) is 26.1 Å². The predicted octanol–water partition coefficient (Wildman–Crippen LogP) is 4.54. The smallest absolute Gasteiger partial charge is 0.128 e. The van der Waals surface area contributed by atoms with Crippen molar-refractivity contribution in [3.8, 4) is 0 Å². The molecule has 0 aromatic heterocycles. The molecule has 0 heterocycles. The summed E-state index contributed by atoms with van der Waals surface area (Å²) in [4.78, 5) is 0. The van der Waals surface area contributed by atoms with E-state index < -0.39 is 6.04 Å². The van der Waals surface area contributed by atoms with E-state index in [-0.39, 0.29) is 16.7 Å². The van der Waals surface area contributed by atoms with Gasteiger partial charge in [0.15, 0.2) is 0 Å². The Morgan fingerprint density at radius 2 is 1.70 bits per heavy atom. The van der Waals surface area contributed by atoms with Gasteiger partial charge in [-0.05, 0) is 55.8 Å². The predicted molar refractivity (Wildman–Crippen MR) is 78.2 cm³/mol. The summed E-state index contributed by atoms with van der Waals surface area (Å²) in [5.41, 5.74) is 2.49. The van der Waals surface area contributed by atoms with Crippen molar-refractivity contribution in [3.63, 3.8) is 0 Å². The fourth-order valence-electron chi connectivity index (χ4n) is 2.25. The quantitative estimate of drug-likeness (QED) is 0.876. The van der Waals surface area contributed by atoms with Gasteiger partial charge < -0.3 is 5.32 Å². The highest BCUT2D eigenvalue weighted by Gasteiger charge is 2.20. The molecule has 2 aromatic rings. The van der Waals surface area contributed by atoms with Crippen LogP contribution in [0.25, 0.3) is 0 Å². The Morgan fingerprint density at radius 3 is 2.30 bits per heavy atom. The molecule has 1 atom stereocenters. The van der Waals surface area contributed by atoms with Crippen molar-refractivity contribution < 1.29 is 8.78 Å². The Hall–Kier alpha value is -1.45. The molecule has 0 aliphatic rings. The van der Waals surface area contributed by atoms with E-state index in [4.69, 9.17) is 11.6 Å². The molecule has 1 unspecified atom stereocenters. The summed E-state index contributed by atoms with van der Waals surface area (Å²) in [6, 6.07) is 7.54. The maximum absolute atomic E-state index is 14.1. The third-order valence-corrected chi connectivity index (χ3v) is 3.67. The summed E-state index contributed by atoms with van der Waals surface area (Å²) in [5.74, 6) is -0.666. The first-order valence-electron chi connectivity index (χ1n) is 6.33. The molecule has 0 spiro atoms. The van der Waals surface area contributed by atoms with Crippen molar-refractivity contribution in [2.24, 2.45) is 0 Å². The third kappa shape index (κ3) is 2.84. The Bertz CT molecular complexity index is 641. The Morgan fingerprint density at radius 1 is 1.00 bits per heavy atom. The molecule has 0 radical (unpaired) electrons. The number of benzene rings is 2. The summed E-state index contributed by atoms with van der Waals surface area (Å²) in [6.07, 6.45) is 0. The number of rotatable bonds is 3. The third-order valence-electron chi connectivity index (χ3n) is 3.34. The summed E-state index contributed by atoms with van der Waals surface area (Å²) in [5, 5.41) is 3.32. The maximum Gasteiger partial charge on any atom is 0.128 e. The topological polar surface area (TPSA) is 12.0 Å². The average Bonchev–Trinajstić information content (AvgIpc) is 2.38. The van der Waals surface area contributed by atoms with Crippen LogP contribution >= 0.6 is 11.6 Å². The van der Waals surface area contributed by atoms with Crippen LogP contribution in [0, 0.1) is 25.5 Å². The van der Waals surface area contributed by atoms with Gasteiger partial charge in [-0.3, -0.25) is 0 Å².